The van der Waals surface area contributed by atoms with Gasteiger partial charge in [-0.05, 0) is 30.9 Å². The van der Waals surface area contributed by atoms with Crippen molar-refractivity contribution >= 4 is 23.7 Å². The quantitative estimate of drug-likeness (QED) is 0.663. The number of carboxylic acid groups (broad SMARTS) is 1. The van der Waals surface area contributed by atoms with Gasteiger partial charge in [-0.15, -0.1) is 11.8 Å². The summed E-state index contributed by atoms with van der Waals surface area (Å²) < 4.78 is 4.84. The lowest BCUT2D eigenvalue weighted by molar-refractivity contribution is -0.158. The van der Waals surface area contributed by atoms with Crippen LogP contribution in [0.2, 0.25) is 0 Å². The molecule has 1 aliphatic rings. The fourth-order valence-corrected chi connectivity index (χ4v) is 3.52. The number of hydrogen-bond donors (Lipinski definition) is 1. The van der Waals surface area contributed by atoms with Gasteiger partial charge in [0.15, 0.2) is 5.92 Å². The molecule has 0 bridgehead atoms. The number of fused-ring (bicyclic) bond motifs is 1. The van der Waals surface area contributed by atoms with E-state index in [1.54, 1.807) is 18.7 Å². The molecule has 2 unspecified atom stereocenters. The smallest absolute Gasteiger partial charge is 0.320 e. The van der Waals surface area contributed by atoms with E-state index in [-0.39, 0.29) is 12.5 Å². The zero-order valence-corrected chi connectivity index (χ0v) is 11.5. The van der Waals surface area contributed by atoms with Gasteiger partial charge < -0.3 is 9.84 Å². The Balaban J connectivity index is 2.11. The number of carboxylic acids is 1. The van der Waals surface area contributed by atoms with E-state index in [1.807, 2.05) is 24.3 Å². The van der Waals surface area contributed by atoms with Gasteiger partial charge in [0.05, 0.1) is 6.61 Å². The van der Waals surface area contributed by atoms with Gasteiger partial charge in [-0.2, -0.15) is 0 Å². The van der Waals surface area contributed by atoms with Crippen LogP contribution < -0.4 is 0 Å². The lowest BCUT2D eigenvalue weighted by atomic mass is 9.90. The molecule has 4 nitrogen and oxygen atoms in total. The van der Waals surface area contributed by atoms with Gasteiger partial charge in [0.1, 0.15) is 0 Å². The van der Waals surface area contributed by atoms with Crippen molar-refractivity contribution in [3.63, 3.8) is 0 Å². The molecule has 1 aromatic carbocycles. The summed E-state index contributed by atoms with van der Waals surface area (Å²) in [5.41, 5.74) is 1.14. The average Bonchev–Trinajstić information content (AvgIpc) is 2.79. The Hall–Kier alpha value is -1.49. The number of aliphatic carboxylic acids is 1. The molecular weight excluding hydrogens is 264 g/mol. The minimum Gasteiger partial charge on any atom is -0.481 e. The fraction of sp³-hybridized carbons (Fsp3) is 0.429. The van der Waals surface area contributed by atoms with Gasteiger partial charge in [0.2, 0.25) is 0 Å². The van der Waals surface area contributed by atoms with Crippen molar-refractivity contribution in [3.8, 4) is 0 Å². The molecule has 2 atom stereocenters. The Bertz CT molecular complexity index is 486. The molecule has 1 heterocycles. The van der Waals surface area contributed by atoms with Crippen LogP contribution in [0.5, 0.6) is 0 Å². The summed E-state index contributed by atoms with van der Waals surface area (Å²) in [5, 5.41) is 9.17. The summed E-state index contributed by atoms with van der Waals surface area (Å²) in [7, 11) is 0. The van der Waals surface area contributed by atoms with E-state index in [0.717, 1.165) is 11.3 Å². The molecule has 0 spiro atoms. The number of rotatable bonds is 5. The first kappa shape index (κ1) is 13.9. The van der Waals surface area contributed by atoms with E-state index < -0.39 is 17.9 Å². The summed E-state index contributed by atoms with van der Waals surface area (Å²) >= 11 is 1.71. The Labute approximate surface area is 116 Å². The van der Waals surface area contributed by atoms with E-state index in [2.05, 4.69) is 0 Å². The molecule has 0 saturated carbocycles. The van der Waals surface area contributed by atoms with Crippen LogP contribution in [0.25, 0.3) is 0 Å². The van der Waals surface area contributed by atoms with Crippen LogP contribution in [0.1, 0.15) is 24.8 Å². The van der Waals surface area contributed by atoms with Crippen molar-refractivity contribution in [2.45, 2.75) is 24.2 Å². The predicted molar refractivity (Wildman–Crippen MR) is 72.3 cm³/mol. The molecule has 1 N–H and O–H groups in total. The topological polar surface area (TPSA) is 63.6 Å². The highest BCUT2D eigenvalue weighted by molar-refractivity contribution is 7.99. The fourth-order valence-electron chi connectivity index (χ4n) is 2.25. The van der Waals surface area contributed by atoms with Gasteiger partial charge in [-0.25, -0.2) is 0 Å². The van der Waals surface area contributed by atoms with Crippen LogP contribution in [-0.4, -0.2) is 29.4 Å². The maximum absolute atomic E-state index is 11.7. The van der Waals surface area contributed by atoms with Crippen molar-refractivity contribution in [2.24, 2.45) is 5.92 Å². The highest BCUT2D eigenvalue weighted by atomic mass is 32.2. The first-order valence-electron chi connectivity index (χ1n) is 6.24. The zero-order valence-electron chi connectivity index (χ0n) is 10.7. The first-order valence-corrected chi connectivity index (χ1v) is 7.23. The van der Waals surface area contributed by atoms with E-state index in [1.165, 1.54) is 4.90 Å². The summed E-state index contributed by atoms with van der Waals surface area (Å²) in [6.07, 6.45) is 0.304. The van der Waals surface area contributed by atoms with Crippen LogP contribution in [0, 0.1) is 5.92 Å². The maximum Gasteiger partial charge on any atom is 0.320 e. The van der Waals surface area contributed by atoms with E-state index in [4.69, 9.17) is 4.74 Å². The highest BCUT2D eigenvalue weighted by Crippen LogP contribution is 2.42. The lowest BCUT2D eigenvalue weighted by Gasteiger charge is -2.16. The molecule has 5 heteroatoms. The zero-order chi connectivity index (χ0) is 13.8. The number of carbonyl (C=O) groups excluding carboxylic acids is 1. The number of ether oxygens (including phenoxy) is 1. The van der Waals surface area contributed by atoms with Crippen molar-refractivity contribution in [1.29, 1.82) is 0 Å². The Morgan fingerprint density at radius 2 is 2.21 bits per heavy atom. The third-order valence-corrected chi connectivity index (χ3v) is 4.44. The predicted octanol–water partition coefficient (Wildman–Crippen LogP) is 2.53. The number of benzene rings is 1. The van der Waals surface area contributed by atoms with Gasteiger partial charge >= 0.3 is 11.9 Å². The second kappa shape index (κ2) is 6.10. The van der Waals surface area contributed by atoms with Gasteiger partial charge in [0, 0.05) is 10.6 Å². The van der Waals surface area contributed by atoms with Crippen LogP contribution in [-0.2, 0) is 14.3 Å². The molecule has 0 aliphatic carbocycles. The Morgan fingerprint density at radius 3 is 2.89 bits per heavy atom. The molecule has 102 valence electrons. The molecule has 0 amide bonds. The number of hydrogen-bond acceptors (Lipinski definition) is 4. The molecule has 0 saturated heterocycles. The van der Waals surface area contributed by atoms with Gasteiger partial charge in [-0.1, -0.05) is 18.2 Å². The van der Waals surface area contributed by atoms with Crippen LogP contribution >= 0.6 is 11.8 Å². The summed E-state index contributed by atoms with van der Waals surface area (Å²) in [6, 6.07) is 7.94. The summed E-state index contributed by atoms with van der Waals surface area (Å²) in [5.74, 6) is -1.89. The Morgan fingerprint density at radius 1 is 1.47 bits per heavy atom. The highest BCUT2D eigenvalue weighted by Gasteiger charge is 2.34. The minimum atomic E-state index is -1.10. The Kier molecular flexibility index (Phi) is 4.47. The number of carbonyl (C=O) groups is 2. The lowest BCUT2D eigenvalue weighted by Crippen LogP contribution is -2.27. The normalized spacial score (nSPS) is 18.7. The standard InChI is InChI=1S/C14H16O4S/c1-2-18-14(17)11(13(15)16)7-9-8-19-12-6-4-3-5-10(9)12/h3-6,9,11H,2,7-8H2,1H3,(H,15,16). The maximum atomic E-state index is 11.7. The molecular formula is C14H16O4S. The van der Waals surface area contributed by atoms with Crippen molar-refractivity contribution < 1.29 is 19.4 Å². The monoisotopic (exact) mass is 280 g/mol. The third-order valence-electron chi connectivity index (χ3n) is 3.19. The summed E-state index contributed by atoms with van der Waals surface area (Å²) in [4.78, 5) is 24.1. The minimum absolute atomic E-state index is 0.103. The van der Waals surface area contributed by atoms with Crippen molar-refractivity contribution in [3.05, 3.63) is 29.8 Å². The van der Waals surface area contributed by atoms with Crippen LogP contribution in [0.3, 0.4) is 0 Å². The van der Waals surface area contributed by atoms with Gasteiger partial charge in [0.25, 0.3) is 0 Å². The molecule has 1 aromatic rings. The van der Waals surface area contributed by atoms with Crippen molar-refractivity contribution in [1.82, 2.24) is 0 Å². The molecule has 2 rings (SSSR count). The average molecular weight is 280 g/mol. The second-order valence-corrected chi connectivity index (χ2v) is 5.49. The van der Waals surface area contributed by atoms with Crippen LogP contribution in [0.4, 0.5) is 0 Å². The van der Waals surface area contributed by atoms with E-state index in [9.17, 15) is 14.7 Å². The summed E-state index contributed by atoms with van der Waals surface area (Å²) in [6.45, 7) is 1.89. The first-order chi connectivity index (χ1) is 9.13. The molecule has 0 radical (unpaired) electrons. The number of thioether (sulfide) groups is 1. The van der Waals surface area contributed by atoms with Gasteiger partial charge in [-0.3, -0.25) is 9.59 Å². The SMILES string of the molecule is CCOC(=O)C(CC1CSc2ccccc21)C(=O)O. The molecule has 0 fully saturated rings. The van der Waals surface area contributed by atoms with Crippen LogP contribution in [0.15, 0.2) is 29.2 Å². The molecule has 0 aromatic heterocycles. The van der Waals surface area contributed by atoms with E-state index in [0.29, 0.717) is 6.42 Å². The largest absolute Gasteiger partial charge is 0.481 e. The number of esters is 1. The van der Waals surface area contributed by atoms with E-state index >= 15 is 0 Å². The third kappa shape index (κ3) is 3.10. The second-order valence-electron chi connectivity index (χ2n) is 4.42. The van der Waals surface area contributed by atoms with Crippen molar-refractivity contribution in [2.75, 3.05) is 12.4 Å². The molecule has 19 heavy (non-hydrogen) atoms. The molecule has 1 aliphatic heterocycles.